The minimum atomic E-state index is -0.413. The Morgan fingerprint density at radius 2 is 2.05 bits per heavy atom. The molecule has 0 saturated carbocycles. The predicted molar refractivity (Wildman–Crippen MR) is 79.7 cm³/mol. The van der Waals surface area contributed by atoms with Gasteiger partial charge in [0.05, 0.1) is 0 Å². The fourth-order valence-electron chi connectivity index (χ4n) is 2.33. The van der Waals surface area contributed by atoms with Gasteiger partial charge in [-0.15, -0.1) is 0 Å². The van der Waals surface area contributed by atoms with Crippen LogP contribution < -0.4 is 5.32 Å². The summed E-state index contributed by atoms with van der Waals surface area (Å²) in [5.41, 5.74) is 0.964. The Bertz CT molecular complexity index is 462. The van der Waals surface area contributed by atoms with Gasteiger partial charge in [-0.3, -0.25) is 4.79 Å². The smallest absolute Gasteiger partial charge is 0.407 e. The molecule has 1 aromatic rings. The third-order valence-electron chi connectivity index (χ3n) is 3.51. The fourth-order valence-corrected chi connectivity index (χ4v) is 2.33. The molecule has 0 spiro atoms. The van der Waals surface area contributed by atoms with Crippen LogP contribution in [0.3, 0.4) is 0 Å². The second kappa shape index (κ2) is 8.29. The zero-order valence-electron chi connectivity index (χ0n) is 12.2. The van der Waals surface area contributed by atoms with Crippen LogP contribution in [0.4, 0.5) is 4.79 Å². The molecule has 5 heteroatoms. The van der Waals surface area contributed by atoms with E-state index in [-0.39, 0.29) is 12.5 Å². The van der Waals surface area contributed by atoms with Gasteiger partial charge in [0.25, 0.3) is 0 Å². The van der Waals surface area contributed by atoms with Crippen molar-refractivity contribution in [3.05, 3.63) is 35.9 Å². The molecule has 2 rings (SSSR count). The van der Waals surface area contributed by atoms with Crippen LogP contribution in [-0.2, 0) is 16.1 Å². The molecule has 1 fully saturated rings. The number of piperidine rings is 1. The van der Waals surface area contributed by atoms with Gasteiger partial charge in [0.2, 0.25) is 5.91 Å². The summed E-state index contributed by atoms with van der Waals surface area (Å²) in [5, 5.41) is 2.71. The second-order valence-corrected chi connectivity index (χ2v) is 5.18. The maximum absolute atomic E-state index is 11.6. The zero-order chi connectivity index (χ0) is 14.9. The fraction of sp³-hybridized carbons (Fsp3) is 0.500. The molecule has 5 nitrogen and oxygen atoms in total. The van der Waals surface area contributed by atoms with Crippen molar-refractivity contribution >= 4 is 12.0 Å². The van der Waals surface area contributed by atoms with Crippen molar-refractivity contribution in [3.8, 4) is 0 Å². The molecule has 21 heavy (non-hydrogen) atoms. The molecule has 0 aliphatic carbocycles. The lowest BCUT2D eigenvalue weighted by atomic mass is 10.1. The van der Waals surface area contributed by atoms with E-state index >= 15 is 0 Å². The van der Waals surface area contributed by atoms with Gasteiger partial charge < -0.3 is 15.0 Å². The summed E-state index contributed by atoms with van der Waals surface area (Å²) in [4.78, 5) is 25.0. The molecule has 1 N–H and O–H groups in total. The number of rotatable bonds is 6. The van der Waals surface area contributed by atoms with Crippen molar-refractivity contribution in [2.24, 2.45) is 0 Å². The highest BCUT2D eigenvalue weighted by molar-refractivity contribution is 5.76. The SMILES string of the molecule is O=C(NCCCN1CCCCC1=O)OCc1ccccc1. The van der Waals surface area contributed by atoms with Crippen LogP contribution in [0, 0.1) is 0 Å². The van der Waals surface area contributed by atoms with E-state index < -0.39 is 6.09 Å². The number of amides is 2. The van der Waals surface area contributed by atoms with Gasteiger partial charge in [-0.25, -0.2) is 4.79 Å². The predicted octanol–water partition coefficient (Wildman–Crippen LogP) is 2.32. The molecule has 1 heterocycles. The van der Waals surface area contributed by atoms with Gasteiger partial charge in [-0.05, 0) is 24.8 Å². The molecule has 1 aliphatic heterocycles. The summed E-state index contributed by atoms with van der Waals surface area (Å²) in [6.45, 7) is 2.35. The maximum Gasteiger partial charge on any atom is 0.407 e. The standard InChI is InChI=1S/C16H22N2O3/c19-15-9-4-5-11-18(15)12-6-10-17-16(20)21-13-14-7-2-1-3-8-14/h1-3,7-8H,4-6,9-13H2,(H,17,20). The number of likely N-dealkylation sites (tertiary alicyclic amines) is 1. The molecule has 0 bridgehead atoms. The summed E-state index contributed by atoms with van der Waals surface area (Å²) in [6, 6.07) is 9.56. The lowest BCUT2D eigenvalue weighted by Gasteiger charge is -2.26. The van der Waals surface area contributed by atoms with Crippen LogP contribution in [0.5, 0.6) is 0 Å². The van der Waals surface area contributed by atoms with Crippen molar-refractivity contribution in [1.82, 2.24) is 10.2 Å². The molecule has 0 unspecified atom stereocenters. The Balaban J connectivity index is 1.56. The van der Waals surface area contributed by atoms with Crippen LogP contribution in [-0.4, -0.2) is 36.5 Å². The molecule has 2 amide bonds. The summed E-state index contributed by atoms with van der Waals surface area (Å²) in [5.74, 6) is 0.230. The first-order chi connectivity index (χ1) is 10.3. The Kier molecular flexibility index (Phi) is 6.06. The molecule has 114 valence electrons. The summed E-state index contributed by atoms with van der Waals surface area (Å²) in [6.07, 6.45) is 3.08. The Labute approximate surface area is 125 Å². The van der Waals surface area contributed by atoms with Crippen LogP contribution in [0.2, 0.25) is 0 Å². The number of alkyl carbamates (subject to hydrolysis) is 1. The first-order valence-electron chi connectivity index (χ1n) is 7.48. The highest BCUT2D eigenvalue weighted by atomic mass is 16.5. The Morgan fingerprint density at radius 3 is 2.81 bits per heavy atom. The van der Waals surface area contributed by atoms with Gasteiger partial charge in [0.15, 0.2) is 0 Å². The number of ether oxygens (including phenoxy) is 1. The van der Waals surface area contributed by atoms with E-state index in [4.69, 9.17) is 4.74 Å². The average Bonchev–Trinajstić information content (AvgIpc) is 2.52. The minimum absolute atomic E-state index is 0.230. The summed E-state index contributed by atoms with van der Waals surface area (Å²) in [7, 11) is 0. The van der Waals surface area contributed by atoms with Gasteiger partial charge >= 0.3 is 6.09 Å². The number of hydrogen-bond acceptors (Lipinski definition) is 3. The van der Waals surface area contributed by atoms with Crippen molar-refractivity contribution in [3.63, 3.8) is 0 Å². The molecule has 1 aliphatic rings. The van der Waals surface area contributed by atoms with Crippen molar-refractivity contribution < 1.29 is 14.3 Å². The van der Waals surface area contributed by atoms with E-state index in [1.165, 1.54) is 0 Å². The number of hydrogen-bond donors (Lipinski definition) is 1. The first kappa shape index (κ1) is 15.4. The Hall–Kier alpha value is -2.04. The third kappa shape index (κ3) is 5.45. The quantitative estimate of drug-likeness (QED) is 0.818. The molecular formula is C16H22N2O3. The monoisotopic (exact) mass is 290 g/mol. The summed E-state index contributed by atoms with van der Waals surface area (Å²) >= 11 is 0. The van der Waals surface area contributed by atoms with Crippen molar-refractivity contribution in [2.45, 2.75) is 32.3 Å². The van der Waals surface area contributed by atoms with E-state index in [0.717, 1.165) is 31.4 Å². The van der Waals surface area contributed by atoms with E-state index in [1.54, 1.807) is 0 Å². The van der Waals surface area contributed by atoms with Crippen molar-refractivity contribution in [1.29, 1.82) is 0 Å². The second-order valence-electron chi connectivity index (χ2n) is 5.18. The molecule has 0 radical (unpaired) electrons. The first-order valence-corrected chi connectivity index (χ1v) is 7.48. The van der Waals surface area contributed by atoms with Gasteiger partial charge in [0.1, 0.15) is 6.61 Å². The van der Waals surface area contributed by atoms with Crippen LogP contribution in [0.15, 0.2) is 30.3 Å². The van der Waals surface area contributed by atoms with Crippen LogP contribution >= 0.6 is 0 Å². The number of benzene rings is 1. The summed E-state index contributed by atoms with van der Waals surface area (Å²) < 4.78 is 5.11. The van der Waals surface area contributed by atoms with E-state index in [9.17, 15) is 9.59 Å². The van der Waals surface area contributed by atoms with E-state index in [1.807, 2.05) is 35.2 Å². The molecule has 1 saturated heterocycles. The molecule has 1 aromatic carbocycles. The molecular weight excluding hydrogens is 268 g/mol. The zero-order valence-corrected chi connectivity index (χ0v) is 12.2. The topological polar surface area (TPSA) is 58.6 Å². The van der Waals surface area contributed by atoms with Gasteiger partial charge in [0, 0.05) is 26.1 Å². The maximum atomic E-state index is 11.6. The highest BCUT2D eigenvalue weighted by Gasteiger charge is 2.16. The van der Waals surface area contributed by atoms with E-state index in [0.29, 0.717) is 19.5 Å². The highest BCUT2D eigenvalue weighted by Crippen LogP contribution is 2.10. The van der Waals surface area contributed by atoms with Crippen LogP contribution in [0.1, 0.15) is 31.2 Å². The minimum Gasteiger partial charge on any atom is -0.445 e. The largest absolute Gasteiger partial charge is 0.445 e. The molecule has 0 atom stereocenters. The number of nitrogens with zero attached hydrogens (tertiary/aromatic N) is 1. The number of carbonyl (C=O) groups is 2. The number of carbonyl (C=O) groups excluding carboxylic acids is 2. The molecule has 0 aromatic heterocycles. The van der Waals surface area contributed by atoms with Gasteiger partial charge in [-0.2, -0.15) is 0 Å². The number of nitrogens with one attached hydrogen (secondary N) is 1. The van der Waals surface area contributed by atoms with Crippen LogP contribution in [0.25, 0.3) is 0 Å². The van der Waals surface area contributed by atoms with Crippen molar-refractivity contribution in [2.75, 3.05) is 19.6 Å². The third-order valence-corrected chi connectivity index (χ3v) is 3.51. The van der Waals surface area contributed by atoms with E-state index in [2.05, 4.69) is 5.32 Å². The van der Waals surface area contributed by atoms with Gasteiger partial charge in [-0.1, -0.05) is 30.3 Å². The lowest BCUT2D eigenvalue weighted by Crippen LogP contribution is -2.37. The average molecular weight is 290 g/mol. The normalized spacial score (nSPS) is 14.9. The Morgan fingerprint density at radius 1 is 1.24 bits per heavy atom. The lowest BCUT2D eigenvalue weighted by molar-refractivity contribution is -0.133.